The van der Waals surface area contributed by atoms with Gasteiger partial charge >= 0.3 is 25.7 Å². The van der Waals surface area contributed by atoms with Gasteiger partial charge < -0.3 is 24.2 Å². The Balaban J connectivity index is 4.79. The maximum atomic E-state index is 12.8. The molecule has 0 aliphatic rings. The molecule has 0 aromatic heterocycles. The fourth-order valence-corrected chi connectivity index (χ4v) is 8.09. The number of phosphoric ester groups is 1. The largest absolute Gasteiger partial charge is 0.472 e. The minimum Gasteiger partial charge on any atom is -0.462 e. The van der Waals surface area contributed by atoms with Gasteiger partial charge in [-0.15, -0.1) is 0 Å². The van der Waals surface area contributed by atoms with Gasteiger partial charge in [-0.05, 0) is 70.6 Å². The highest BCUT2D eigenvalue weighted by Crippen LogP contribution is 2.43. The molecule has 12 heteroatoms. The van der Waals surface area contributed by atoms with Crippen LogP contribution in [0.1, 0.15) is 239 Å². The molecule has 0 heterocycles. The summed E-state index contributed by atoms with van der Waals surface area (Å²) in [6, 6.07) is 0. The molecule has 11 nitrogen and oxygen atoms in total. The molecule has 394 valence electrons. The third-order valence-corrected chi connectivity index (χ3v) is 12.4. The van der Waals surface area contributed by atoms with E-state index in [1.54, 1.807) is 0 Å². The van der Waals surface area contributed by atoms with Crippen molar-refractivity contribution in [2.45, 2.75) is 251 Å². The minimum atomic E-state index is -4.76. The number of hydrogen-bond donors (Lipinski definition) is 2. The summed E-state index contributed by atoms with van der Waals surface area (Å²) in [7, 11) is -4.76. The van der Waals surface area contributed by atoms with Gasteiger partial charge in [0.05, 0.1) is 19.8 Å². The van der Waals surface area contributed by atoms with Crippen molar-refractivity contribution < 1.29 is 52.2 Å². The number of rotatable bonds is 50. The number of phosphoric acid groups is 1. The third kappa shape index (κ3) is 48.2. The van der Waals surface area contributed by atoms with Crippen LogP contribution in [-0.4, -0.2) is 66.5 Å². The molecule has 3 unspecified atom stereocenters. The summed E-state index contributed by atoms with van der Waals surface area (Å²) in [4.78, 5) is 48.3. The van der Waals surface area contributed by atoms with E-state index in [-0.39, 0.29) is 25.9 Å². The van der Waals surface area contributed by atoms with Gasteiger partial charge in [0.15, 0.2) is 6.10 Å². The number of hydrogen-bond acceptors (Lipinski definition) is 10. The van der Waals surface area contributed by atoms with Crippen molar-refractivity contribution in [3.63, 3.8) is 0 Å². The second-order valence-corrected chi connectivity index (χ2v) is 19.5. The Morgan fingerprint density at radius 1 is 0.426 bits per heavy atom. The van der Waals surface area contributed by atoms with Crippen LogP contribution in [0.15, 0.2) is 60.8 Å². The van der Waals surface area contributed by atoms with Crippen LogP contribution in [0.2, 0.25) is 0 Å². The molecule has 0 fully saturated rings. The fraction of sp³-hybridized carbons (Fsp3) is 0.768. The Morgan fingerprint density at radius 2 is 0.794 bits per heavy atom. The number of carbonyl (C=O) groups is 3. The van der Waals surface area contributed by atoms with Gasteiger partial charge in [0, 0.05) is 19.3 Å². The SMILES string of the molecule is CC/C=C\C/C=C\C/C=C\C/C=C\CCC(=O)OC(COC(=O)CCCCCCCCCCCCCCCCC)COP(=O)(O)OCC(CO)OC(=O)CCCCCCC/C=C\CCCCCC. The molecule has 0 spiro atoms. The van der Waals surface area contributed by atoms with Crippen LogP contribution >= 0.6 is 7.82 Å². The molecule has 0 bridgehead atoms. The summed E-state index contributed by atoms with van der Waals surface area (Å²) in [6.07, 6.45) is 53.5. The van der Waals surface area contributed by atoms with E-state index in [4.69, 9.17) is 23.3 Å². The molecule has 0 saturated heterocycles. The van der Waals surface area contributed by atoms with Crippen molar-refractivity contribution in [2.24, 2.45) is 0 Å². The topological polar surface area (TPSA) is 155 Å². The average molecular weight is 979 g/mol. The molecule has 2 N–H and O–H groups in total. The molecule has 0 amide bonds. The summed E-state index contributed by atoms with van der Waals surface area (Å²) in [5, 5.41) is 9.78. The van der Waals surface area contributed by atoms with E-state index in [9.17, 15) is 28.9 Å². The lowest BCUT2D eigenvalue weighted by molar-refractivity contribution is -0.161. The fourth-order valence-electron chi connectivity index (χ4n) is 7.31. The van der Waals surface area contributed by atoms with E-state index in [0.29, 0.717) is 19.3 Å². The Hall–Kier alpha value is -2.82. The van der Waals surface area contributed by atoms with Gasteiger partial charge in [0.2, 0.25) is 0 Å². The average Bonchev–Trinajstić information content (AvgIpc) is 3.32. The molecule has 0 saturated carbocycles. The van der Waals surface area contributed by atoms with E-state index in [1.807, 2.05) is 12.2 Å². The van der Waals surface area contributed by atoms with Gasteiger partial charge in [0.25, 0.3) is 0 Å². The van der Waals surface area contributed by atoms with E-state index in [0.717, 1.165) is 83.5 Å². The van der Waals surface area contributed by atoms with E-state index >= 15 is 0 Å². The maximum absolute atomic E-state index is 12.8. The van der Waals surface area contributed by atoms with Gasteiger partial charge in [-0.1, -0.05) is 210 Å². The highest BCUT2D eigenvalue weighted by atomic mass is 31.2. The molecule has 3 atom stereocenters. The van der Waals surface area contributed by atoms with Crippen molar-refractivity contribution in [2.75, 3.05) is 26.4 Å². The molecule has 0 rings (SSSR count). The molecule has 0 aliphatic heterocycles. The maximum Gasteiger partial charge on any atom is 0.472 e. The first-order valence-electron chi connectivity index (χ1n) is 27.2. The van der Waals surface area contributed by atoms with Crippen LogP contribution in [0.25, 0.3) is 0 Å². The van der Waals surface area contributed by atoms with Crippen LogP contribution in [0.3, 0.4) is 0 Å². The summed E-state index contributed by atoms with van der Waals surface area (Å²) in [5.74, 6) is -1.57. The summed E-state index contributed by atoms with van der Waals surface area (Å²) in [5.41, 5.74) is 0. The molecule has 0 radical (unpaired) electrons. The lowest BCUT2D eigenvalue weighted by Crippen LogP contribution is -2.30. The number of aliphatic hydroxyl groups excluding tert-OH is 1. The standard InChI is InChI=1S/C56H99O11P/c1-4-7-10-13-16-19-22-25-26-29-30-33-36-39-42-45-54(58)63-49-53(67-56(60)47-44-41-38-35-32-28-24-21-18-15-12-9-6-3)51-65-68(61,62)64-50-52(48-57)66-55(59)46-43-40-37-34-31-27-23-20-17-14-11-8-5-2/h9,12,18,20-21,23,28,32,38,41,52-53,57H,4-8,10-11,13-17,19,22,24-27,29-31,33-37,39-40,42-51H2,1-3H3,(H,61,62)/b12-9-,21-18-,23-20-,32-28-,41-38-. The Kier molecular flexibility index (Phi) is 48.5. The monoisotopic (exact) mass is 979 g/mol. The van der Waals surface area contributed by atoms with Gasteiger partial charge in [-0.3, -0.25) is 23.4 Å². The van der Waals surface area contributed by atoms with E-state index in [1.165, 1.54) is 96.3 Å². The molecular formula is C56H99O11P. The second kappa shape index (κ2) is 50.6. The lowest BCUT2D eigenvalue weighted by atomic mass is 10.0. The smallest absolute Gasteiger partial charge is 0.462 e. The van der Waals surface area contributed by atoms with Crippen LogP contribution in [-0.2, 0) is 42.2 Å². The highest BCUT2D eigenvalue weighted by Gasteiger charge is 2.28. The Morgan fingerprint density at radius 3 is 1.28 bits per heavy atom. The van der Waals surface area contributed by atoms with Crippen molar-refractivity contribution >= 4 is 25.7 Å². The molecule has 0 aromatic carbocycles. The quantitative estimate of drug-likeness (QED) is 0.0197. The van der Waals surface area contributed by atoms with Gasteiger partial charge in [-0.2, -0.15) is 0 Å². The van der Waals surface area contributed by atoms with E-state index < -0.39 is 57.8 Å². The lowest BCUT2D eigenvalue weighted by Gasteiger charge is -2.21. The number of aliphatic hydroxyl groups is 1. The Labute approximate surface area is 415 Å². The normalized spacial score (nSPS) is 13.9. The summed E-state index contributed by atoms with van der Waals surface area (Å²) < 4.78 is 39.3. The third-order valence-electron chi connectivity index (χ3n) is 11.4. The number of unbranched alkanes of at least 4 members (excludes halogenated alkanes) is 23. The number of ether oxygens (including phenoxy) is 3. The summed E-state index contributed by atoms with van der Waals surface area (Å²) >= 11 is 0. The van der Waals surface area contributed by atoms with Crippen molar-refractivity contribution in [3.05, 3.63) is 60.8 Å². The molecular weight excluding hydrogens is 880 g/mol. The highest BCUT2D eigenvalue weighted by molar-refractivity contribution is 7.47. The number of allylic oxidation sites excluding steroid dienone is 10. The van der Waals surface area contributed by atoms with Crippen molar-refractivity contribution in [1.29, 1.82) is 0 Å². The van der Waals surface area contributed by atoms with Crippen molar-refractivity contribution in [1.82, 2.24) is 0 Å². The molecule has 0 aliphatic carbocycles. The first kappa shape index (κ1) is 65.2. The first-order chi connectivity index (χ1) is 33.2. The predicted octanol–water partition coefficient (Wildman–Crippen LogP) is 15.6. The van der Waals surface area contributed by atoms with Crippen LogP contribution < -0.4 is 0 Å². The Bertz CT molecular complexity index is 1370. The predicted molar refractivity (Wildman–Crippen MR) is 279 cm³/mol. The molecule has 68 heavy (non-hydrogen) atoms. The number of esters is 3. The number of carbonyl (C=O) groups excluding carboxylic acids is 3. The zero-order valence-corrected chi connectivity index (χ0v) is 44.2. The zero-order chi connectivity index (χ0) is 49.9. The van der Waals surface area contributed by atoms with Crippen LogP contribution in [0.4, 0.5) is 0 Å². The van der Waals surface area contributed by atoms with Crippen LogP contribution in [0, 0.1) is 0 Å². The van der Waals surface area contributed by atoms with Gasteiger partial charge in [-0.25, -0.2) is 4.57 Å². The van der Waals surface area contributed by atoms with Crippen molar-refractivity contribution in [3.8, 4) is 0 Å². The van der Waals surface area contributed by atoms with Crippen LogP contribution in [0.5, 0.6) is 0 Å². The molecule has 0 aromatic rings. The first-order valence-corrected chi connectivity index (χ1v) is 28.7. The summed E-state index contributed by atoms with van der Waals surface area (Å²) in [6.45, 7) is 4.43. The second-order valence-electron chi connectivity index (χ2n) is 18.0. The van der Waals surface area contributed by atoms with E-state index in [2.05, 4.69) is 69.4 Å². The zero-order valence-electron chi connectivity index (χ0n) is 43.3. The van der Waals surface area contributed by atoms with Gasteiger partial charge in [0.1, 0.15) is 12.7 Å². The minimum absolute atomic E-state index is 0.0472.